The Kier molecular flexibility index (Phi) is 4.74. The van der Waals surface area contributed by atoms with Gasteiger partial charge in [0.25, 0.3) is 0 Å². The molecule has 28 heavy (non-hydrogen) atoms. The molecule has 2 aromatic heterocycles. The summed E-state index contributed by atoms with van der Waals surface area (Å²) in [5, 5.41) is 3.68. The number of rotatable bonds is 4. The Morgan fingerprint density at radius 1 is 1.14 bits per heavy atom. The third kappa shape index (κ3) is 3.38. The smallest absolute Gasteiger partial charge is 0.121 e. The molecule has 6 nitrogen and oxygen atoms in total. The van der Waals surface area contributed by atoms with Crippen LogP contribution >= 0.6 is 0 Å². The third-order valence-corrected chi connectivity index (χ3v) is 6.10. The van der Waals surface area contributed by atoms with Gasteiger partial charge < -0.3 is 20.1 Å². The summed E-state index contributed by atoms with van der Waals surface area (Å²) in [6, 6.07) is 11.0. The number of hydrogen-bond acceptors (Lipinski definition) is 5. The van der Waals surface area contributed by atoms with Crippen LogP contribution in [0.1, 0.15) is 36.0 Å². The highest BCUT2D eigenvalue weighted by atomic mass is 15.3. The van der Waals surface area contributed by atoms with E-state index in [1.165, 1.54) is 23.4 Å². The molecule has 0 spiro atoms. The minimum Gasteiger partial charge on any atom is -0.367 e. The highest BCUT2D eigenvalue weighted by Gasteiger charge is 2.22. The van der Waals surface area contributed by atoms with Gasteiger partial charge in [0, 0.05) is 32.4 Å². The van der Waals surface area contributed by atoms with Gasteiger partial charge in [-0.15, -0.1) is 0 Å². The first-order valence-corrected chi connectivity index (χ1v) is 10.4. The van der Waals surface area contributed by atoms with Crippen LogP contribution in [-0.2, 0) is 13.0 Å². The minimum absolute atomic E-state index is 0.315. The number of imidazole rings is 1. The van der Waals surface area contributed by atoms with Crippen molar-refractivity contribution in [2.24, 2.45) is 0 Å². The Bertz CT molecular complexity index is 957. The molecule has 1 fully saturated rings. The fourth-order valence-corrected chi connectivity index (χ4v) is 4.48. The fraction of sp³-hybridized carbons (Fsp3) is 0.455. The van der Waals surface area contributed by atoms with Crippen LogP contribution in [-0.4, -0.2) is 53.1 Å². The lowest BCUT2D eigenvalue weighted by Gasteiger charge is -2.34. The van der Waals surface area contributed by atoms with E-state index in [0.717, 1.165) is 62.4 Å². The van der Waals surface area contributed by atoms with Gasteiger partial charge >= 0.3 is 0 Å². The Hall–Kier alpha value is -2.44. The van der Waals surface area contributed by atoms with Gasteiger partial charge in [-0.2, -0.15) is 0 Å². The average Bonchev–Trinajstić information content (AvgIpc) is 3.16. The summed E-state index contributed by atoms with van der Waals surface area (Å²) in [6.45, 7) is 5.05. The van der Waals surface area contributed by atoms with Crippen molar-refractivity contribution in [3.8, 4) is 0 Å². The van der Waals surface area contributed by atoms with E-state index in [4.69, 9.17) is 4.98 Å². The predicted octanol–water partition coefficient (Wildman–Crippen LogP) is 2.88. The topological polar surface area (TPSA) is 60.1 Å². The second-order valence-electron chi connectivity index (χ2n) is 8.02. The third-order valence-electron chi connectivity index (χ3n) is 6.10. The fourth-order valence-electron chi connectivity index (χ4n) is 4.48. The SMILES string of the molecule is CN1CCN(c2cccc3[nH]c(CN[C@H]4CCCc5cccnc54)nc23)CC1. The summed E-state index contributed by atoms with van der Waals surface area (Å²) in [5.41, 5.74) is 6.05. The molecule has 1 saturated heterocycles. The number of aromatic nitrogens is 3. The van der Waals surface area contributed by atoms with E-state index in [1.807, 2.05) is 12.3 Å². The van der Waals surface area contributed by atoms with Crippen molar-refractivity contribution in [1.29, 1.82) is 0 Å². The monoisotopic (exact) mass is 376 g/mol. The quantitative estimate of drug-likeness (QED) is 0.733. The number of anilines is 1. The van der Waals surface area contributed by atoms with Gasteiger partial charge in [0.2, 0.25) is 0 Å². The molecule has 3 heterocycles. The number of nitrogens with one attached hydrogen (secondary N) is 2. The summed E-state index contributed by atoms with van der Waals surface area (Å²) < 4.78 is 0. The molecule has 3 aromatic rings. The number of aromatic amines is 1. The molecule has 0 bridgehead atoms. The minimum atomic E-state index is 0.315. The van der Waals surface area contributed by atoms with Gasteiger partial charge in [-0.3, -0.25) is 4.98 Å². The van der Waals surface area contributed by atoms with Crippen LogP contribution in [0.15, 0.2) is 36.5 Å². The van der Waals surface area contributed by atoms with Gasteiger partial charge in [-0.25, -0.2) is 4.98 Å². The van der Waals surface area contributed by atoms with E-state index in [0.29, 0.717) is 6.04 Å². The normalized spacial score (nSPS) is 20.5. The van der Waals surface area contributed by atoms with Gasteiger partial charge in [-0.05, 0) is 50.1 Å². The van der Waals surface area contributed by atoms with Crippen LogP contribution in [0, 0.1) is 0 Å². The van der Waals surface area contributed by atoms with Crippen molar-refractivity contribution in [2.75, 3.05) is 38.1 Å². The van der Waals surface area contributed by atoms with Crippen LogP contribution in [0.5, 0.6) is 0 Å². The molecule has 1 atom stereocenters. The van der Waals surface area contributed by atoms with Crippen LogP contribution in [0.4, 0.5) is 5.69 Å². The molecule has 2 aliphatic rings. The van der Waals surface area contributed by atoms with Crippen LogP contribution in [0.25, 0.3) is 11.0 Å². The molecule has 6 heteroatoms. The number of para-hydroxylation sites is 1. The molecular formula is C22H28N6. The zero-order chi connectivity index (χ0) is 18.9. The number of hydrogen-bond donors (Lipinski definition) is 2. The number of piperazine rings is 1. The number of benzene rings is 1. The number of pyridine rings is 1. The van der Waals surface area contributed by atoms with Crippen molar-refractivity contribution >= 4 is 16.7 Å². The van der Waals surface area contributed by atoms with Crippen LogP contribution in [0.3, 0.4) is 0 Å². The highest BCUT2D eigenvalue weighted by molar-refractivity contribution is 5.89. The van der Waals surface area contributed by atoms with E-state index >= 15 is 0 Å². The number of likely N-dealkylation sites (N-methyl/N-ethyl adjacent to an activating group) is 1. The second kappa shape index (κ2) is 7.53. The molecular weight excluding hydrogens is 348 g/mol. The number of nitrogens with zero attached hydrogens (tertiary/aromatic N) is 4. The van der Waals surface area contributed by atoms with Crippen molar-refractivity contribution in [2.45, 2.75) is 31.8 Å². The zero-order valence-corrected chi connectivity index (χ0v) is 16.5. The summed E-state index contributed by atoms with van der Waals surface area (Å²) in [6.07, 6.45) is 5.39. The van der Waals surface area contributed by atoms with E-state index < -0.39 is 0 Å². The number of fused-ring (bicyclic) bond motifs is 2. The first kappa shape index (κ1) is 17.6. The Labute approximate surface area is 166 Å². The predicted molar refractivity (Wildman–Crippen MR) is 113 cm³/mol. The molecule has 2 N–H and O–H groups in total. The molecule has 1 aliphatic carbocycles. The molecule has 1 aromatic carbocycles. The molecule has 0 unspecified atom stereocenters. The summed E-state index contributed by atoms with van der Waals surface area (Å²) in [7, 11) is 2.19. The molecule has 0 amide bonds. The molecule has 0 radical (unpaired) electrons. The van der Waals surface area contributed by atoms with E-state index in [1.54, 1.807) is 0 Å². The van der Waals surface area contributed by atoms with Gasteiger partial charge in [0.1, 0.15) is 11.3 Å². The standard InChI is InChI=1S/C22H28N6/c1-27-11-13-28(14-12-27)19-9-3-8-18-22(19)26-20(25-18)15-24-17-7-2-5-16-6-4-10-23-21(16)17/h3-4,6,8-10,17,24H,2,5,7,11-15H2,1H3,(H,25,26)/t17-/m0/s1. The van der Waals surface area contributed by atoms with Gasteiger partial charge in [-0.1, -0.05) is 12.1 Å². The maximum absolute atomic E-state index is 4.95. The van der Waals surface area contributed by atoms with Crippen molar-refractivity contribution < 1.29 is 0 Å². The van der Waals surface area contributed by atoms with Gasteiger partial charge in [0.05, 0.1) is 29.5 Å². The lowest BCUT2D eigenvalue weighted by atomic mass is 9.92. The maximum atomic E-state index is 4.95. The number of H-pyrrole nitrogens is 1. The number of aryl methyl sites for hydroxylation is 1. The Balaban J connectivity index is 1.34. The van der Waals surface area contributed by atoms with Crippen LogP contribution < -0.4 is 10.2 Å². The van der Waals surface area contributed by atoms with Crippen molar-refractivity contribution in [1.82, 2.24) is 25.2 Å². The Morgan fingerprint density at radius 2 is 2.04 bits per heavy atom. The first-order chi connectivity index (χ1) is 13.8. The summed E-state index contributed by atoms with van der Waals surface area (Å²) in [5.74, 6) is 1.000. The lowest BCUT2D eigenvalue weighted by molar-refractivity contribution is 0.313. The first-order valence-electron chi connectivity index (χ1n) is 10.4. The van der Waals surface area contributed by atoms with Gasteiger partial charge in [0.15, 0.2) is 0 Å². The summed E-state index contributed by atoms with van der Waals surface area (Å²) >= 11 is 0. The largest absolute Gasteiger partial charge is 0.367 e. The molecule has 5 rings (SSSR count). The molecule has 0 saturated carbocycles. The second-order valence-corrected chi connectivity index (χ2v) is 8.02. The highest BCUT2D eigenvalue weighted by Crippen LogP contribution is 2.29. The van der Waals surface area contributed by atoms with E-state index in [-0.39, 0.29) is 0 Å². The zero-order valence-electron chi connectivity index (χ0n) is 16.5. The molecule has 1 aliphatic heterocycles. The average molecular weight is 377 g/mol. The lowest BCUT2D eigenvalue weighted by Crippen LogP contribution is -2.44. The van der Waals surface area contributed by atoms with Crippen molar-refractivity contribution in [3.05, 3.63) is 53.6 Å². The molecule has 146 valence electrons. The van der Waals surface area contributed by atoms with Crippen molar-refractivity contribution in [3.63, 3.8) is 0 Å². The maximum Gasteiger partial charge on any atom is 0.121 e. The summed E-state index contributed by atoms with van der Waals surface area (Å²) in [4.78, 5) is 17.9. The van der Waals surface area contributed by atoms with Crippen LogP contribution in [0.2, 0.25) is 0 Å². The van der Waals surface area contributed by atoms with E-state index in [2.05, 4.69) is 56.4 Å². The van der Waals surface area contributed by atoms with E-state index in [9.17, 15) is 0 Å². The Morgan fingerprint density at radius 3 is 2.93 bits per heavy atom.